The lowest BCUT2D eigenvalue weighted by atomic mass is 9.90. The SMILES string of the molecule is CC(=O)Nc1cc(C(=O)N2CC[C@@H](C)C[C@@H]2c2ccco2)ccc1F. The molecule has 3 rings (SSSR count). The lowest BCUT2D eigenvalue weighted by Crippen LogP contribution is -2.40. The van der Waals surface area contributed by atoms with E-state index in [4.69, 9.17) is 4.42 Å². The van der Waals surface area contributed by atoms with Crippen LogP contribution in [0.4, 0.5) is 10.1 Å². The highest BCUT2D eigenvalue weighted by Crippen LogP contribution is 2.35. The first-order valence-electron chi connectivity index (χ1n) is 8.37. The van der Waals surface area contributed by atoms with Crippen LogP contribution in [0, 0.1) is 11.7 Å². The number of hydrogen-bond donors (Lipinski definition) is 1. The number of rotatable bonds is 3. The van der Waals surface area contributed by atoms with Crippen LogP contribution in [0.5, 0.6) is 0 Å². The molecule has 25 heavy (non-hydrogen) atoms. The second kappa shape index (κ2) is 7.09. The van der Waals surface area contributed by atoms with Crippen LogP contribution in [-0.2, 0) is 4.79 Å². The van der Waals surface area contributed by atoms with Crippen molar-refractivity contribution >= 4 is 17.5 Å². The van der Waals surface area contributed by atoms with E-state index in [1.807, 2.05) is 12.1 Å². The Hall–Kier alpha value is -2.63. The first-order valence-corrected chi connectivity index (χ1v) is 8.37. The number of anilines is 1. The van der Waals surface area contributed by atoms with Gasteiger partial charge in [0.05, 0.1) is 18.0 Å². The third-order valence-electron chi connectivity index (χ3n) is 4.52. The minimum absolute atomic E-state index is 0.0123. The molecule has 132 valence electrons. The number of carbonyl (C=O) groups excluding carboxylic acids is 2. The van der Waals surface area contributed by atoms with Gasteiger partial charge >= 0.3 is 0 Å². The second-order valence-corrected chi connectivity index (χ2v) is 6.54. The van der Waals surface area contributed by atoms with Gasteiger partial charge in [-0.1, -0.05) is 6.92 Å². The molecular weight excluding hydrogens is 323 g/mol. The fourth-order valence-corrected chi connectivity index (χ4v) is 3.24. The molecule has 1 aromatic carbocycles. The van der Waals surface area contributed by atoms with Crippen molar-refractivity contribution in [3.8, 4) is 0 Å². The van der Waals surface area contributed by atoms with Crippen molar-refractivity contribution in [2.45, 2.75) is 32.7 Å². The van der Waals surface area contributed by atoms with Crippen LogP contribution in [0.15, 0.2) is 41.0 Å². The molecular formula is C19H21FN2O3. The number of benzene rings is 1. The van der Waals surface area contributed by atoms with Gasteiger partial charge in [-0.2, -0.15) is 0 Å². The fraction of sp³-hybridized carbons (Fsp3) is 0.368. The summed E-state index contributed by atoms with van der Waals surface area (Å²) in [6.07, 6.45) is 3.33. The molecule has 0 saturated carbocycles. The second-order valence-electron chi connectivity index (χ2n) is 6.54. The number of amides is 2. The third-order valence-corrected chi connectivity index (χ3v) is 4.52. The summed E-state index contributed by atoms with van der Waals surface area (Å²) in [4.78, 5) is 26.0. The Kier molecular flexibility index (Phi) is 4.88. The highest BCUT2D eigenvalue weighted by atomic mass is 19.1. The zero-order chi connectivity index (χ0) is 18.0. The molecule has 2 heterocycles. The molecule has 0 unspecified atom stereocenters. The Labute approximate surface area is 145 Å². The number of piperidine rings is 1. The van der Waals surface area contributed by atoms with E-state index in [0.717, 1.165) is 18.6 Å². The summed E-state index contributed by atoms with van der Waals surface area (Å²) in [6.45, 7) is 4.07. The summed E-state index contributed by atoms with van der Waals surface area (Å²) in [7, 11) is 0. The van der Waals surface area contributed by atoms with E-state index in [2.05, 4.69) is 12.2 Å². The quantitative estimate of drug-likeness (QED) is 0.916. The monoisotopic (exact) mass is 344 g/mol. The molecule has 0 spiro atoms. The van der Waals surface area contributed by atoms with Crippen molar-refractivity contribution in [1.29, 1.82) is 0 Å². The number of halogens is 1. The summed E-state index contributed by atoms with van der Waals surface area (Å²) in [6, 6.07) is 7.57. The van der Waals surface area contributed by atoms with Gasteiger partial charge in [-0.3, -0.25) is 9.59 Å². The number of nitrogens with one attached hydrogen (secondary N) is 1. The van der Waals surface area contributed by atoms with Gasteiger partial charge < -0.3 is 14.6 Å². The Bertz CT molecular complexity index is 773. The number of nitrogens with zero attached hydrogens (tertiary/aromatic N) is 1. The molecule has 1 fully saturated rings. The molecule has 2 aromatic rings. The number of furan rings is 1. The maximum atomic E-state index is 13.8. The third kappa shape index (κ3) is 3.73. The van der Waals surface area contributed by atoms with E-state index >= 15 is 0 Å². The Morgan fingerprint density at radius 1 is 1.32 bits per heavy atom. The van der Waals surface area contributed by atoms with E-state index in [1.54, 1.807) is 11.2 Å². The largest absolute Gasteiger partial charge is 0.467 e. The van der Waals surface area contributed by atoms with Crippen LogP contribution >= 0.6 is 0 Å². The minimum atomic E-state index is -0.568. The molecule has 0 aliphatic carbocycles. The molecule has 1 saturated heterocycles. The average molecular weight is 344 g/mol. The van der Waals surface area contributed by atoms with Crippen LogP contribution in [-0.4, -0.2) is 23.3 Å². The van der Waals surface area contributed by atoms with Gasteiger partial charge in [-0.15, -0.1) is 0 Å². The predicted octanol–water partition coefficient (Wildman–Crippen LogP) is 3.99. The summed E-state index contributed by atoms with van der Waals surface area (Å²) < 4.78 is 19.4. The van der Waals surface area contributed by atoms with Crippen LogP contribution in [0.3, 0.4) is 0 Å². The van der Waals surface area contributed by atoms with E-state index in [0.29, 0.717) is 18.0 Å². The van der Waals surface area contributed by atoms with Gasteiger partial charge in [0.2, 0.25) is 5.91 Å². The molecule has 2 amide bonds. The van der Waals surface area contributed by atoms with Crippen molar-refractivity contribution in [1.82, 2.24) is 4.90 Å². The Balaban J connectivity index is 1.89. The van der Waals surface area contributed by atoms with Gasteiger partial charge in [0.15, 0.2) is 0 Å². The molecule has 6 heteroatoms. The first-order chi connectivity index (χ1) is 12.0. The minimum Gasteiger partial charge on any atom is -0.467 e. The maximum absolute atomic E-state index is 13.8. The molecule has 2 atom stereocenters. The maximum Gasteiger partial charge on any atom is 0.254 e. The molecule has 1 aliphatic rings. The van der Waals surface area contributed by atoms with E-state index in [9.17, 15) is 14.0 Å². The van der Waals surface area contributed by atoms with E-state index in [-0.39, 0.29) is 23.5 Å². The van der Waals surface area contributed by atoms with Crippen molar-refractivity contribution in [2.24, 2.45) is 5.92 Å². The predicted molar refractivity (Wildman–Crippen MR) is 91.6 cm³/mol. The number of likely N-dealkylation sites (tertiary alicyclic amines) is 1. The Morgan fingerprint density at radius 2 is 2.12 bits per heavy atom. The molecule has 0 bridgehead atoms. The molecule has 0 radical (unpaired) electrons. The van der Waals surface area contributed by atoms with Crippen LogP contribution < -0.4 is 5.32 Å². The summed E-state index contributed by atoms with van der Waals surface area (Å²) in [5, 5.41) is 2.41. The van der Waals surface area contributed by atoms with E-state index < -0.39 is 5.82 Å². The standard InChI is InChI=1S/C19H21FN2O3/c1-12-7-8-22(17(10-12)18-4-3-9-25-18)19(24)14-5-6-15(20)16(11-14)21-13(2)23/h3-6,9,11-12,17H,7-8,10H2,1-2H3,(H,21,23)/t12-,17-/m1/s1. The first kappa shape index (κ1) is 17.2. The van der Waals surface area contributed by atoms with Gasteiger partial charge in [-0.05, 0) is 49.1 Å². The van der Waals surface area contributed by atoms with Gasteiger partial charge in [0, 0.05) is 19.0 Å². The van der Waals surface area contributed by atoms with Crippen molar-refractivity contribution in [3.63, 3.8) is 0 Å². The number of carbonyl (C=O) groups is 2. The van der Waals surface area contributed by atoms with Crippen molar-refractivity contribution in [2.75, 3.05) is 11.9 Å². The zero-order valence-electron chi connectivity index (χ0n) is 14.3. The molecule has 5 nitrogen and oxygen atoms in total. The van der Waals surface area contributed by atoms with Crippen LogP contribution in [0.1, 0.15) is 48.8 Å². The molecule has 1 aliphatic heterocycles. The van der Waals surface area contributed by atoms with Gasteiger partial charge in [0.25, 0.3) is 5.91 Å². The van der Waals surface area contributed by atoms with Crippen molar-refractivity contribution in [3.05, 3.63) is 53.7 Å². The number of hydrogen-bond acceptors (Lipinski definition) is 3. The highest BCUT2D eigenvalue weighted by Gasteiger charge is 2.33. The normalized spacial score (nSPS) is 20.4. The lowest BCUT2D eigenvalue weighted by molar-refractivity contribution is -0.114. The van der Waals surface area contributed by atoms with Gasteiger partial charge in [-0.25, -0.2) is 4.39 Å². The van der Waals surface area contributed by atoms with Gasteiger partial charge in [0.1, 0.15) is 11.6 Å². The van der Waals surface area contributed by atoms with E-state index in [1.165, 1.54) is 25.1 Å². The average Bonchev–Trinajstić information content (AvgIpc) is 3.10. The summed E-state index contributed by atoms with van der Waals surface area (Å²) in [5.41, 5.74) is 0.356. The molecule has 1 aromatic heterocycles. The summed E-state index contributed by atoms with van der Waals surface area (Å²) in [5.74, 6) is 0.0941. The highest BCUT2D eigenvalue weighted by molar-refractivity contribution is 5.97. The Morgan fingerprint density at radius 3 is 2.80 bits per heavy atom. The van der Waals surface area contributed by atoms with Crippen LogP contribution in [0.25, 0.3) is 0 Å². The molecule has 1 N–H and O–H groups in total. The smallest absolute Gasteiger partial charge is 0.254 e. The lowest BCUT2D eigenvalue weighted by Gasteiger charge is -2.37. The topological polar surface area (TPSA) is 62.6 Å². The zero-order valence-corrected chi connectivity index (χ0v) is 14.3. The summed E-state index contributed by atoms with van der Waals surface area (Å²) >= 11 is 0. The fourth-order valence-electron chi connectivity index (χ4n) is 3.24. The van der Waals surface area contributed by atoms with Crippen molar-refractivity contribution < 1.29 is 18.4 Å². The van der Waals surface area contributed by atoms with Crippen LogP contribution in [0.2, 0.25) is 0 Å².